The summed E-state index contributed by atoms with van der Waals surface area (Å²) in [5.74, 6) is 0.733. The standard InChI is InChI=1S/C18H21N3O5S/c1-3-20-13-15(26-18-7-5-4-6-17(18)20)12-19(2)27(24,25)16-10-8-14(9-11-16)21(22)23/h4-11,15H,3,12-13H2,1-2H3/t15-/m0/s1. The second kappa shape index (κ2) is 7.53. The van der Waals surface area contributed by atoms with Crippen molar-refractivity contribution in [3.05, 3.63) is 58.6 Å². The molecular weight excluding hydrogens is 370 g/mol. The molecule has 27 heavy (non-hydrogen) atoms. The Kier molecular flexibility index (Phi) is 5.33. The Labute approximate surface area is 158 Å². The summed E-state index contributed by atoms with van der Waals surface area (Å²) in [4.78, 5) is 12.3. The minimum absolute atomic E-state index is 0.0131. The summed E-state index contributed by atoms with van der Waals surface area (Å²) >= 11 is 0. The van der Waals surface area contributed by atoms with Crippen LogP contribution in [0, 0.1) is 10.1 Å². The van der Waals surface area contributed by atoms with Gasteiger partial charge in [0.15, 0.2) is 0 Å². The molecule has 2 aromatic carbocycles. The Morgan fingerprint density at radius 2 is 1.89 bits per heavy atom. The zero-order chi connectivity index (χ0) is 19.6. The van der Waals surface area contributed by atoms with Crippen LogP contribution in [-0.4, -0.2) is 50.4 Å². The Bertz CT molecular complexity index is 930. The van der Waals surface area contributed by atoms with Gasteiger partial charge in [0.2, 0.25) is 10.0 Å². The third kappa shape index (κ3) is 3.88. The molecule has 0 aliphatic carbocycles. The topological polar surface area (TPSA) is 93.0 Å². The van der Waals surface area contributed by atoms with Crippen LogP contribution in [0.4, 0.5) is 11.4 Å². The molecule has 0 unspecified atom stereocenters. The molecule has 0 radical (unpaired) electrons. The molecule has 3 rings (SSSR count). The first-order chi connectivity index (χ1) is 12.8. The van der Waals surface area contributed by atoms with Gasteiger partial charge in [0.25, 0.3) is 5.69 Å². The molecule has 0 spiro atoms. The van der Waals surface area contributed by atoms with Gasteiger partial charge in [-0.2, -0.15) is 4.31 Å². The number of fused-ring (bicyclic) bond motifs is 1. The molecule has 0 amide bonds. The van der Waals surface area contributed by atoms with Crippen molar-refractivity contribution in [3.8, 4) is 5.75 Å². The smallest absolute Gasteiger partial charge is 0.269 e. The first-order valence-corrected chi connectivity index (χ1v) is 9.98. The normalized spacial score (nSPS) is 16.7. The Morgan fingerprint density at radius 1 is 1.22 bits per heavy atom. The fourth-order valence-corrected chi connectivity index (χ4v) is 4.28. The van der Waals surface area contributed by atoms with E-state index in [1.807, 2.05) is 31.2 Å². The third-order valence-electron chi connectivity index (χ3n) is 4.52. The number of benzene rings is 2. The molecule has 1 atom stereocenters. The number of nitro groups is 1. The van der Waals surface area contributed by atoms with Crippen LogP contribution in [0.1, 0.15) is 6.92 Å². The van der Waals surface area contributed by atoms with E-state index in [-0.39, 0.29) is 23.2 Å². The van der Waals surface area contributed by atoms with Crippen LogP contribution in [0.5, 0.6) is 5.75 Å². The van der Waals surface area contributed by atoms with E-state index in [1.165, 1.54) is 35.6 Å². The summed E-state index contributed by atoms with van der Waals surface area (Å²) in [7, 11) is -2.29. The van der Waals surface area contributed by atoms with Crippen LogP contribution in [0.25, 0.3) is 0 Å². The fraction of sp³-hybridized carbons (Fsp3) is 0.333. The van der Waals surface area contributed by atoms with Crippen molar-refractivity contribution in [1.82, 2.24) is 4.31 Å². The minimum atomic E-state index is -3.77. The number of para-hydroxylation sites is 2. The largest absolute Gasteiger partial charge is 0.485 e. The van der Waals surface area contributed by atoms with Crippen molar-refractivity contribution in [2.75, 3.05) is 31.6 Å². The van der Waals surface area contributed by atoms with Crippen molar-refractivity contribution in [1.29, 1.82) is 0 Å². The summed E-state index contributed by atoms with van der Waals surface area (Å²) in [6, 6.07) is 12.5. The average molecular weight is 391 g/mol. The van der Waals surface area contributed by atoms with Gasteiger partial charge in [0.05, 0.1) is 28.6 Å². The van der Waals surface area contributed by atoms with Gasteiger partial charge >= 0.3 is 0 Å². The number of likely N-dealkylation sites (N-methyl/N-ethyl adjacent to an activating group) is 2. The van der Waals surface area contributed by atoms with E-state index in [0.717, 1.165) is 18.0 Å². The second-order valence-corrected chi connectivity index (χ2v) is 8.33. The van der Waals surface area contributed by atoms with Gasteiger partial charge in [-0.25, -0.2) is 8.42 Å². The van der Waals surface area contributed by atoms with Crippen LogP contribution < -0.4 is 9.64 Å². The van der Waals surface area contributed by atoms with Crippen molar-refractivity contribution in [2.45, 2.75) is 17.9 Å². The molecule has 0 saturated heterocycles. The van der Waals surface area contributed by atoms with E-state index >= 15 is 0 Å². The van der Waals surface area contributed by atoms with E-state index in [4.69, 9.17) is 4.74 Å². The maximum absolute atomic E-state index is 12.8. The van der Waals surface area contributed by atoms with Crippen LogP contribution >= 0.6 is 0 Å². The van der Waals surface area contributed by atoms with Crippen molar-refractivity contribution < 1.29 is 18.1 Å². The lowest BCUT2D eigenvalue weighted by molar-refractivity contribution is -0.384. The first kappa shape index (κ1) is 19.1. The van der Waals surface area contributed by atoms with E-state index in [0.29, 0.717) is 6.54 Å². The molecule has 2 aromatic rings. The lowest BCUT2D eigenvalue weighted by atomic mass is 10.2. The quantitative estimate of drug-likeness (QED) is 0.555. The van der Waals surface area contributed by atoms with Crippen molar-refractivity contribution in [3.63, 3.8) is 0 Å². The van der Waals surface area contributed by atoms with Gasteiger partial charge in [-0.3, -0.25) is 10.1 Å². The third-order valence-corrected chi connectivity index (χ3v) is 6.36. The van der Waals surface area contributed by atoms with E-state index in [1.54, 1.807) is 0 Å². The number of anilines is 1. The monoisotopic (exact) mass is 391 g/mol. The molecule has 9 heteroatoms. The highest BCUT2D eigenvalue weighted by Crippen LogP contribution is 2.33. The Morgan fingerprint density at radius 3 is 2.52 bits per heavy atom. The number of rotatable bonds is 6. The predicted molar refractivity (Wildman–Crippen MR) is 102 cm³/mol. The van der Waals surface area contributed by atoms with Crippen LogP contribution in [-0.2, 0) is 10.0 Å². The molecule has 0 bridgehead atoms. The molecular formula is C18H21N3O5S. The zero-order valence-electron chi connectivity index (χ0n) is 15.1. The van der Waals surface area contributed by atoms with Gasteiger partial charge in [-0.15, -0.1) is 0 Å². The minimum Gasteiger partial charge on any atom is -0.485 e. The van der Waals surface area contributed by atoms with Crippen molar-refractivity contribution in [2.24, 2.45) is 0 Å². The number of hydrogen-bond acceptors (Lipinski definition) is 6. The lowest BCUT2D eigenvalue weighted by Crippen LogP contribution is -2.46. The van der Waals surface area contributed by atoms with E-state index in [2.05, 4.69) is 4.90 Å². The van der Waals surface area contributed by atoms with Gasteiger partial charge in [-0.05, 0) is 31.2 Å². The van der Waals surface area contributed by atoms with Gasteiger partial charge < -0.3 is 9.64 Å². The molecule has 8 nitrogen and oxygen atoms in total. The van der Waals surface area contributed by atoms with Gasteiger partial charge in [-0.1, -0.05) is 12.1 Å². The summed E-state index contributed by atoms with van der Waals surface area (Å²) in [5.41, 5.74) is 0.847. The van der Waals surface area contributed by atoms with Gasteiger partial charge in [0.1, 0.15) is 11.9 Å². The number of non-ortho nitro benzene ring substituents is 1. The summed E-state index contributed by atoms with van der Waals surface area (Å²) in [5, 5.41) is 10.7. The highest BCUT2D eigenvalue weighted by molar-refractivity contribution is 7.89. The SMILES string of the molecule is CCN1C[C@H](CN(C)S(=O)(=O)c2ccc([N+](=O)[O-])cc2)Oc2ccccc21. The predicted octanol–water partition coefficient (Wildman–Crippen LogP) is 2.50. The summed E-state index contributed by atoms with van der Waals surface area (Å²) in [6.07, 6.45) is -0.322. The molecule has 0 N–H and O–H groups in total. The fourth-order valence-electron chi connectivity index (χ4n) is 3.08. The van der Waals surface area contributed by atoms with Crippen molar-refractivity contribution >= 4 is 21.4 Å². The van der Waals surface area contributed by atoms with Crippen LogP contribution in [0.2, 0.25) is 0 Å². The maximum atomic E-state index is 12.8. The Balaban J connectivity index is 1.76. The Hall–Kier alpha value is -2.65. The molecule has 0 aromatic heterocycles. The highest BCUT2D eigenvalue weighted by Gasteiger charge is 2.30. The van der Waals surface area contributed by atoms with Gasteiger partial charge in [0, 0.05) is 25.7 Å². The molecule has 0 saturated carbocycles. The summed E-state index contributed by atoms with van der Waals surface area (Å²) in [6.45, 7) is 3.57. The lowest BCUT2D eigenvalue weighted by Gasteiger charge is -2.36. The first-order valence-electron chi connectivity index (χ1n) is 8.54. The number of nitro benzene ring substituents is 1. The highest BCUT2D eigenvalue weighted by atomic mass is 32.2. The van der Waals surface area contributed by atoms with Crippen LogP contribution in [0.3, 0.4) is 0 Å². The molecule has 1 aliphatic heterocycles. The number of ether oxygens (including phenoxy) is 1. The molecule has 0 fully saturated rings. The molecule has 144 valence electrons. The molecule has 1 aliphatic rings. The average Bonchev–Trinajstić information content (AvgIpc) is 2.67. The molecule has 1 heterocycles. The second-order valence-electron chi connectivity index (χ2n) is 6.28. The number of sulfonamides is 1. The number of hydrogen-bond donors (Lipinski definition) is 0. The zero-order valence-corrected chi connectivity index (χ0v) is 15.9. The van der Waals surface area contributed by atoms with E-state index in [9.17, 15) is 18.5 Å². The maximum Gasteiger partial charge on any atom is 0.269 e. The van der Waals surface area contributed by atoms with Crippen LogP contribution in [0.15, 0.2) is 53.4 Å². The van der Waals surface area contributed by atoms with E-state index < -0.39 is 14.9 Å². The summed E-state index contributed by atoms with van der Waals surface area (Å²) < 4.78 is 32.7. The number of nitrogens with zero attached hydrogens (tertiary/aromatic N) is 3.